The van der Waals surface area contributed by atoms with Gasteiger partial charge in [-0.15, -0.1) is 0 Å². The zero-order valence-electron chi connectivity index (χ0n) is 9.29. The molecule has 0 aliphatic carbocycles. The number of carbonyl (C=O) groups is 1. The molecule has 0 aromatic heterocycles. The maximum Gasteiger partial charge on any atom is 0.236 e. The number of likely N-dealkylation sites (N-methyl/N-ethyl adjacent to an activating group) is 1. The second kappa shape index (κ2) is 4.28. The highest BCUT2D eigenvalue weighted by molar-refractivity contribution is 5.78. The fourth-order valence-electron chi connectivity index (χ4n) is 1.61. The summed E-state index contributed by atoms with van der Waals surface area (Å²) in [5.41, 5.74) is -0.575. The van der Waals surface area contributed by atoms with Crippen molar-refractivity contribution in [3.8, 4) is 0 Å². The molecule has 4 nitrogen and oxygen atoms in total. The summed E-state index contributed by atoms with van der Waals surface area (Å²) in [4.78, 5) is 15.3. The average molecular weight is 200 g/mol. The molecule has 0 aromatic carbocycles. The van der Waals surface area contributed by atoms with Gasteiger partial charge in [-0.3, -0.25) is 4.79 Å². The molecule has 14 heavy (non-hydrogen) atoms. The molecule has 0 saturated carbocycles. The van der Waals surface area contributed by atoms with Crippen LogP contribution in [0.5, 0.6) is 0 Å². The van der Waals surface area contributed by atoms with Crippen LogP contribution in [0.3, 0.4) is 0 Å². The highest BCUT2D eigenvalue weighted by Crippen LogP contribution is 2.20. The lowest BCUT2D eigenvalue weighted by atomic mass is 9.94. The molecule has 0 aromatic rings. The van der Waals surface area contributed by atoms with Crippen molar-refractivity contribution in [2.45, 2.75) is 25.4 Å². The van der Waals surface area contributed by atoms with E-state index in [9.17, 15) is 9.90 Å². The van der Waals surface area contributed by atoms with Crippen LogP contribution in [0.4, 0.5) is 0 Å². The van der Waals surface area contributed by atoms with Crippen LogP contribution in [0.25, 0.3) is 0 Å². The van der Waals surface area contributed by atoms with E-state index in [-0.39, 0.29) is 5.91 Å². The third-order valence-corrected chi connectivity index (χ3v) is 2.64. The number of aliphatic hydroxyl groups is 1. The molecule has 1 amide bonds. The van der Waals surface area contributed by atoms with Crippen LogP contribution in [0.15, 0.2) is 0 Å². The first-order valence-corrected chi connectivity index (χ1v) is 5.06. The summed E-state index contributed by atoms with van der Waals surface area (Å²) in [6, 6.07) is 0. The number of amides is 1. The Hall–Kier alpha value is -0.610. The van der Waals surface area contributed by atoms with Crippen LogP contribution in [-0.4, -0.2) is 60.1 Å². The molecule has 1 heterocycles. The van der Waals surface area contributed by atoms with Gasteiger partial charge in [-0.25, -0.2) is 0 Å². The van der Waals surface area contributed by atoms with Crippen molar-refractivity contribution < 1.29 is 9.90 Å². The van der Waals surface area contributed by atoms with Crippen molar-refractivity contribution in [3.63, 3.8) is 0 Å². The monoisotopic (exact) mass is 200 g/mol. The summed E-state index contributed by atoms with van der Waals surface area (Å²) in [6.45, 7) is 3.66. The van der Waals surface area contributed by atoms with Gasteiger partial charge in [0, 0.05) is 13.1 Å². The Morgan fingerprint density at radius 1 is 1.43 bits per heavy atom. The van der Waals surface area contributed by atoms with E-state index < -0.39 is 5.60 Å². The van der Waals surface area contributed by atoms with Gasteiger partial charge in [-0.2, -0.15) is 0 Å². The topological polar surface area (TPSA) is 43.8 Å². The second-order valence-corrected chi connectivity index (χ2v) is 4.62. The molecular formula is C10H20N2O2. The van der Waals surface area contributed by atoms with E-state index in [0.29, 0.717) is 32.5 Å². The molecule has 0 atom stereocenters. The molecule has 1 saturated heterocycles. The molecule has 1 aliphatic heterocycles. The molecule has 1 aliphatic rings. The van der Waals surface area contributed by atoms with Gasteiger partial charge in [-0.1, -0.05) is 0 Å². The van der Waals surface area contributed by atoms with Crippen molar-refractivity contribution in [2.75, 3.05) is 33.7 Å². The Morgan fingerprint density at radius 3 is 2.36 bits per heavy atom. The predicted molar refractivity (Wildman–Crippen MR) is 55.0 cm³/mol. The highest BCUT2D eigenvalue weighted by atomic mass is 16.3. The van der Waals surface area contributed by atoms with Crippen molar-refractivity contribution >= 4 is 5.91 Å². The molecule has 82 valence electrons. The summed E-state index contributed by atoms with van der Waals surface area (Å²) in [6.07, 6.45) is 1.37. The minimum atomic E-state index is -0.575. The standard InChI is InChI=1S/C10H20N2O2/c1-10(14)4-6-12(7-5-10)9(13)8-11(2)3/h14H,4-8H2,1-3H3. The zero-order chi connectivity index (χ0) is 10.8. The summed E-state index contributed by atoms with van der Waals surface area (Å²) >= 11 is 0. The van der Waals surface area contributed by atoms with Gasteiger partial charge in [-0.05, 0) is 33.9 Å². The Balaban J connectivity index is 2.38. The van der Waals surface area contributed by atoms with Crippen molar-refractivity contribution in [1.82, 2.24) is 9.80 Å². The maximum absolute atomic E-state index is 11.6. The first-order chi connectivity index (χ1) is 6.41. The average Bonchev–Trinajstić information content (AvgIpc) is 2.02. The molecule has 4 heteroatoms. The summed E-state index contributed by atoms with van der Waals surface area (Å²) in [7, 11) is 3.77. The summed E-state index contributed by atoms with van der Waals surface area (Å²) < 4.78 is 0. The third kappa shape index (κ3) is 3.27. The number of carbonyl (C=O) groups excluding carboxylic acids is 1. The maximum atomic E-state index is 11.6. The van der Waals surface area contributed by atoms with Gasteiger partial charge in [0.15, 0.2) is 0 Å². The number of nitrogens with zero attached hydrogens (tertiary/aromatic N) is 2. The van der Waals surface area contributed by atoms with E-state index in [2.05, 4.69) is 0 Å². The van der Waals surface area contributed by atoms with E-state index in [1.54, 1.807) is 0 Å². The van der Waals surface area contributed by atoms with Crippen LogP contribution >= 0.6 is 0 Å². The molecular weight excluding hydrogens is 180 g/mol. The Morgan fingerprint density at radius 2 is 1.93 bits per heavy atom. The van der Waals surface area contributed by atoms with E-state index in [1.807, 2.05) is 30.8 Å². The number of piperidine rings is 1. The predicted octanol–water partition coefficient (Wildman–Crippen LogP) is -0.0786. The van der Waals surface area contributed by atoms with E-state index in [0.717, 1.165) is 0 Å². The minimum Gasteiger partial charge on any atom is -0.390 e. The normalized spacial score (nSPS) is 21.4. The van der Waals surface area contributed by atoms with Crippen LogP contribution in [0.1, 0.15) is 19.8 Å². The van der Waals surface area contributed by atoms with E-state index in [4.69, 9.17) is 0 Å². The van der Waals surface area contributed by atoms with Gasteiger partial charge in [0.2, 0.25) is 5.91 Å². The molecule has 0 unspecified atom stereocenters. The van der Waals surface area contributed by atoms with Gasteiger partial charge >= 0.3 is 0 Å². The lowest BCUT2D eigenvalue weighted by Gasteiger charge is -2.36. The van der Waals surface area contributed by atoms with Gasteiger partial charge in [0.1, 0.15) is 0 Å². The fraction of sp³-hybridized carbons (Fsp3) is 0.900. The third-order valence-electron chi connectivity index (χ3n) is 2.64. The molecule has 0 radical (unpaired) electrons. The first-order valence-electron chi connectivity index (χ1n) is 5.06. The van der Waals surface area contributed by atoms with Crippen molar-refractivity contribution in [3.05, 3.63) is 0 Å². The minimum absolute atomic E-state index is 0.158. The van der Waals surface area contributed by atoms with Gasteiger partial charge in [0.05, 0.1) is 12.1 Å². The van der Waals surface area contributed by atoms with E-state index in [1.165, 1.54) is 0 Å². The highest BCUT2D eigenvalue weighted by Gasteiger charge is 2.29. The number of hydrogen-bond acceptors (Lipinski definition) is 3. The van der Waals surface area contributed by atoms with Crippen molar-refractivity contribution in [1.29, 1.82) is 0 Å². The quantitative estimate of drug-likeness (QED) is 0.678. The van der Waals surface area contributed by atoms with Gasteiger partial charge < -0.3 is 14.9 Å². The zero-order valence-corrected chi connectivity index (χ0v) is 9.29. The SMILES string of the molecule is CN(C)CC(=O)N1CCC(C)(O)CC1. The molecule has 1 rings (SSSR count). The fourth-order valence-corrected chi connectivity index (χ4v) is 1.61. The largest absolute Gasteiger partial charge is 0.390 e. The Kier molecular flexibility index (Phi) is 3.50. The lowest BCUT2D eigenvalue weighted by Crippen LogP contribution is -2.47. The number of rotatable bonds is 2. The van der Waals surface area contributed by atoms with Crippen LogP contribution in [0, 0.1) is 0 Å². The lowest BCUT2D eigenvalue weighted by molar-refractivity contribution is -0.135. The van der Waals surface area contributed by atoms with Crippen LogP contribution in [-0.2, 0) is 4.79 Å². The van der Waals surface area contributed by atoms with Crippen LogP contribution in [0.2, 0.25) is 0 Å². The summed E-state index contributed by atoms with van der Waals surface area (Å²) in [5.74, 6) is 0.158. The Bertz CT molecular complexity index is 204. The molecule has 1 N–H and O–H groups in total. The smallest absolute Gasteiger partial charge is 0.236 e. The first kappa shape index (κ1) is 11.5. The molecule has 1 fully saturated rings. The number of hydrogen-bond donors (Lipinski definition) is 1. The molecule has 0 spiro atoms. The summed E-state index contributed by atoms with van der Waals surface area (Å²) in [5, 5.41) is 9.71. The Labute approximate surface area is 85.5 Å². The second-order valence-electron chi connectivity index (χ2n) is 4.62. The molecule has 0 bridgehead atoms. The van der Waals surface area contributed by atoms with Gasteiger partial charge in [0.25, 0.3) is 0 Å². The van der Waals surface area contributed by atoms with Crippen LogP contribution < -0.4 is 0 Å². The van der Waals surface area contributed by atoms with E-state index >= 15 is 0 Å². The number of likely N-dealkylation sites (tertiary alicyclic amines) is 1. The van der Waals surface area contributed by atoms with Crippen molar-refractivity contribution in [2.24, 2.45) is 0 Å².